The number of rotatable bonds is 5. The summed E-state index contributed by atoms with van der Waals surface area (Å²) in [6.07, 6.45) is 0. The lowest BCUT2D eigenvalue weighted by Gasteiger charge is -2.20. The largest absolute Gasteiger partial charge is 0.325 e. The lowest BCUT2D eigenvalue weighted by Crippen LogP contribution is -2.33. The van der Waals surface area contributed by atoms with Gasteiger partial charge in [0.2, 0.25) is 0 Å². The molecule has 110 valence electrons. The van der Waals surface area contributed by atoms with E-state index >= 15 is 0 Å². The van der Waals surface area contributed by atoms with Crippen molar-refractivity contribution >= 4 is 45.5 Å². The minimum absolute atomic E-state index is 0.307. The molecule has 0 bridgehead atoms. The molecule has 2 rings (SSSR count). The van der Waals surface area contributed by atoms with Crippen LogP contribution in [-0.2, 0) is 9.59 Å². The molecule has 0 aromatic rings. The van der Waals surface area contributed by atoms with E-state index in [9.17, 15) is 19.2 Å². The van der Waals surface area contributed by atoms with Crippen LogP contribution in [0.1, 0.15) is 13.8 Å². The molecular formula is C10H14N4O4S2. The Kier molecular flexibility index (Phi) is 4.43. The van der Waals surface area contributed by atoms with Crippen LogP contribution in [0.4, 0.5) is 9.59 Å². The summed E-state index contributed by atoms with van der Waals surface area (Å²) in [5.41, 5.74) is 0. The van der Waals surface area contributed by atoms with Crippen LogP contribution < -0.4 is 10.6 Å². The molecule has 20 heavy (non-hydrogen) atoms. The summed E-state index contributed by atoms with van der Waals surface area (Å²) in [6, 6.07) is -1.77. The summed E-state index contributed by atoms with van der Waals surface area (Å²) >= 11 is 0. The number of carbonyl (C=O) groups is 4. The van der Waals surface area contributed by atoms with E-state index in [1.165, 1.54) is 31.4 Å². The van der Waals surface area contributed by atoms with Gasteiger partial charge in [0.15, 0.2) is 0 Å². The molecule has 2 unspecified atom stereocenters. The van der Waals surface area contributed by atoms with Gasteiger partial charge in [0.1, 0.15) is 12.1 Å². The molecule has 0 radical (unpaired) electrons. The molecule has 2 aliphatic rings. The molecule has 8 nitrogen and oxygen atoms in total. The minimum atomic E-state index is -0.480. The molecule has 2 atom stereocenters. The van der Waals surface area contributed by atoms with E-state index in [-0.39, 0.29) is 11.8 Å². The zero-order valence-electron chi connectivity index (χ0n) is 10.9. The van der Waals surface area contributed by atoms with Gasteiger partial charge in [-0.2, -0.15) is 0 Å². The number of amides is 6. The van der Waals surface area contributed by atoms with E-state index in [0.717, 1.165) is 0 Å². The molecule has 2 N–H and O–H groups in total. The van der Waals surface area contributed by atoms with Crippen molar-refractivity contribution in [3.8, 4) is 0 Å². The zero-order chi connectivity index (χ0) is 14.9. The second kappa shape index (κ2) is 5.92. The molecule has 6 amide bonds. The summed E-state index contributed by atoms with van der Waals surface area (Å²) in [4.78, 5) is 48.3. The maximum atomic E-state index is 11.4. The van der Waals surface area contributed by atoms with Gasteiger partial charge in [-0.05, 0) is 13.8 Å². The van der Waals surface area contributed by atoms with Crippen LogP contribution in [0.3, 0.4) is 0 Å². The van der Waals surface area contributed by atoms with Gasteiger partial charge in [-0.15, -0.1) is 0 Å². The Bertz CT molecular complexity index is 430. The van der Waals surface area contributed by atoms with Crippen molar-refractivity contribution in [3.63, 3.8) is 0 Å². The third-order valence-corrected chi connectivity index (χ3v) is 5.21. The fraction of sp³-hybridized carbons (Fsp3) is 0.600. The van der Waals surface area contributed by atoms with Crippen molar-refractivity contribution in [1.29, 1.82) is 0 Å². The molecule has 0 aromatic heterocycles. The van der Waals surface area contributed by atoms with Crippen molar-refractivity contribution < 1.29 is 19.2 Å². The highest BCUT2D eigenvalue weighted by atomic mass is 33.1. The Morgan fingerprint density at radius 3 is 1.45 bits per heavy atom. The Balaban J connectivity index is 1.75. The van der Waals surface area contributed by atoms with Gasteiger partial charge in [-0.3, -0.25) is 20.2 Å². The first kappa shape index (κ1) is 15.0. The average molecular weight is 318 g/mol. The van der Waals surface area contributed by atoms with Crippen LogP contribution in [0.25, 0.3) is 0 Å². The van der Waals surface area contributed by atoms with Gasteiger partial charge in [0.25, 0.3) is 11.8 Å². The summed E-state index contributed by atoms with van der Waals surface area (Å²) in [5.74, 6) is 0.0556. The molecule has 2 saturated heterocycles. The van der Waals surface area contributed by atoms with Crippen LogP contribution in [0, 0.1) is 0 Å². The van der Waals surface area contributed by atoms with Crippen molar-refractivity contribution in [3.05, 3.63) is 0 Å². The van der Waals surface area contributed by atoms with Crippen molar-refractivity contribution in [1.82, 2.24) is 20.4 Å². The third-order valence-electron chi connectivity index (χ3n) is 3.14. The SMILES string of the molecule is CC1C(=O)NC(=O)N1CSSCN1C(=O)NC(=O)C1C. The first-order valence-electron chi connectivity index (χ1n) is 5.89. The fourth-order valence-electron chi connectivity index (χ4n) is 1.73. The number of hydrogen-bond acceptors (Lipinski definition) is 6. The number of urea groups is 2. The second-order valence-electron chi connectivity index (χ2n) is 4.37. The van der Waals surface area contributed by atoms with Gasteiger partial charge in [0, 0.05) is 0 Å². The maximum Gasteiger partial charge on any atom is 0.325 e. The molecule has 10 heteroatoms. The Hall–Kier alpha value is -1.42. The number of nitrogens with one attached hydrogen (secondary N) is 2. The number of nitrogens with zero attached hydrogens (tertiary/aromatic N) is 2. The van der Waals surface area contributed by atoms with E-state index in [1.54, 1.807) is 13.8 Å². The van der Waals surface area contributed by atoms with E-state index in [2.05, 4.69) is 10.6 Å². The summed E-state index contributed by atoms with van der Waals surface area (Å²) in [5, 5.41) is 4.45. The number of hydrogen-bond donors (Lipinski definition) is 2. The maximum absolute atomic E-state index is 11.4. The predicted molar refractivity (Wildman–Crippen MR) is 74.6 cm³/mol. The molecule has 0 aliphatic carbocycles. The lowest BCUT2D eigenvalue weighted by atomic mass is 10.3. The lowest BCUT2D eigenvalue weighted by molar-refractivity contribution is -0.121. The molecule has 0 aromatic carbocycles. The summed E-state index contributed by atoms with van der Waals surface area (Å²) < 4.78 is 0. The first-order chi connectivity index (χ1) is 9.41. The van der Waals surface area contributed by atoms with E-state index < -0.39 is 24.1 Å². The normalized spacial score (nSPS) is 26.3. The molecule has 2 heterocycles. The molecule has 0 spiro atoms. The van der Waals surface area contributed by atoms with E-state index in [0.29, 0.717) is 11.8 Å². The molecule has 2 fully saturated rings. The van der Waals surface area contributed by atoms with Gasteiger partial charge < -0.3 is 9.80 Å². The van der Waals surface area contributed by atoms with Crippen LogP contribution in [0.15, 0.2) is 0 Å². The standard InChI is InChI=1S/C10H14N4O4S2/c1-5-7(15)11-9(17)13(5)3-19-20-4-14-6(2)8(16)12-10(14)18/h5-6H,3-4H2,1-2H3,(H,11,15,17)(H,12,16,18). The van der Waals surface area contributed by atoms with Crippen molar-refractivity contribution in [2.45, 2.75) is 25.9 Å². The highest BCUT2D eigenvalue weighted by Crippen LogP contribution is 2.27. The van der Waals surface area contributed by atoms with Crippen molar-refractivity contribution in [2.75, 3.05) is 11.8 Å². The van der Waals surface area contributed by atoms with Gasteiger partial charge in [0.05, 0.1) is 11.8 Å². The third kappa shape index (κ3) is 2.85. The Labute approximate surface area is 123 Å². The van der Waals surface area contributed by atoms with Crippen LogP contribution in [-0.4, -0.2) is 57.5 Å². The zero-order valence-corrected chi connectivity index (χ0v) is 12.5. The predicted octanol–water partition coefficient (Wildman–Crippen LogP) is 0.163. The summed E-state index contributed by atoms with van der Waals surface area (Å²) in [6.45, 7) is 3.31. The van der Waals surface area contributed by atoms with E-state index in [4.69, 9.17) is 0 Å². The Morgan fingerprint density at radius 2 is 1.20 bits per heavy atom. The van der Waals surface area contributed by atoms with Gasteiger partial charge in [-0.1, -0.05) is 21.6 Å². The van der Waals surface area contributed by atoms with Crippen LogP contribution in [0.5, 0.6) is 0 Å². The highest BCUT2D eigenvalue weighted by Gasteiger charge is 2.36. The fourth-order valence-corrected chi connectivity index (χ4v) is 3.91. The number of carbonyl (C=O) groups excluding carboxylic acids is 4. The van der Waals surface area contributed by atoms with E-state index in [1.807, 2.05) is 0 Å². The Morgan fingerprint density at radius 1 is 0.850 bits per heavy atom. The highest BCUT2D eigenvalue weighted by molar-refractivity contribution is 8.76. The van der Waals surface area contributed by atoms with Crippen LogP contribution in [0.2, 0.25) is 0 Å². The van der Waals surface area contributed by atoms with Gasteiger partial charge in [-0.25, -0.2) is 9.59 Å². The minimum Gasteiger partial charge on any atom is -0.303 e. The average Bonchev–Trinajstić information content (AvgIpc) is 2.76. The topological polar surface area (TPSA) is 98.8 Å². The first-order valence-corrected chi connectivity index (χ1v) is 8.38. The molecular weight excluding hydrogens is 304 g/mol. The van der Waals surface area contributed by atoms with Crippen LogP contribution >= 0.6 is 21.6 Å². The smallest absolute Gasteiger partial charge is 0.303 e. The number of imide groups is 2. The monoisotopic (exact) mass is 318 g/mol. The van der Waals surface area contributed by atoms with Crippen molar-refractivity contribution in [2.24, 2.45) is 0 Å². The molecule has 2 aliphatic heterocycles. The molecule has 0 saturated carbocycles. The summed E-state index contributed by atoms with van der Waals surface area (Å²) in [7, 11) is 2.70. The quantitative estimate of drug-likeness (QED) is 0.426. The van der Waals surface area contributed by atoms with Gasteiger partial charge >= 0.3 is 12.1 Å². The second-order valence-corrected chi connectivity index (χ2v) is 6.78.